The number of ether oxygens (including phenoxy) is 1. The highest BCUT2D eigenvalue weighted by atomic mass is 16.6. The first kappa shape index (κ1) is 25.4. The maximum Gasteiger partial charge on any atom is 0.408 e. The van der Waals surface area contributed by atoms with Crippen molar-refractivity contribution in [2.45, 2.75) is 72.2 Å². The standard InChI is InChI=1S/C22H35N3O5/c1-13(2)23-19(27)18(16-10-14(3)9-15(4)11-16)25(8)20(28)17(12-26)24-21(29)30-22(5,6)7/h9-11,13,17-18,26H,12H2,1-8H3,(H,23,27)(H,24,29). The summed E-state index contributed by atoms with van der Waals surface area (Å²) in [6.07, 6.45) is -0.821. The maximum absolute atomic E-state index is 13.1. The molecule has 1 aromatic carbocycles. The van der Waals surface area contributed by atoms with Gasteiger partial charge in [-0.15, -0.1) is 0 Å². The van der Waals surface area contributed by atoms with E-state index in [2.05, 4.69) is 10.6 Å². The van der Waals surface area contributed by atoms with Crippen LogP contribution in [0, 0.1) is 13.8 Å². The SMILES string of the molecule is Cc1cc(C)cc(C(C(=O)NC(C)C)N(C)C(=O)C(CO)NC(=O)OC(C)(C)C)c1. The molecule has 0 bridgehead atoms. The highest BCUT2D eigenvalue weighted by Crippen LogP contribution is 2.23. The number of nitrogens with one attached hydrogen (secondary N) is 2. The molecule has 0 aromatic heterocycles. The number of aryl methyl sites for hydroxylation is 2. The molecule has 0 fully saturated rings. The molecule has 0 saturated heterocycles. The van der Waals surface area contributed by atoms with Gasteiger partial charge in [0.1, 0.15) is 17.7 Å². The lowest BCUT2D eigenvalue weighted by Gasteiger charge is -2.31. The summed E-state index contributed by atoms with van der Waals surface area (Å²) in [5.74, 6) is -0.953. The molecule has 1 aromatic rings. The van der Waals surface area contributed by atoms with Gasteiger partial charge in [0.15, 0.2) is 0 Å². The van der Waals surface area contributed by atoms with Gasteiger partial charge in [-0.1, -0.05) is 29.3 Å². The van der Waals surface area contributed by atoms with Crippen molar-refractivity contribution < 1.29 is 24.2 Å². The average Bonchev–Trinajstić information content (AvgIpc) is 2.56. The molecular formula is C22H35N3O5. The molecule has 0 aliphatic heterocycles. The lowest BCUT2D eigenvalue weighted by molar-refractivity contribution is -0.141. The predicted molar refractivity (Wildman–Crippen MR) is 115 cm³/mol. The first-order valence-electron chi connectivity index (χ1n) is 10.0. The zero-order chi connectivity index (χ0) is 23.2. The van der Waals surface area contributed by atoms with Crippen LogP contribution in [0.3, 0.4) is 0 Å². The first-order valence-corrected chi connectivity index (χ1v) is 10.0. The van der Waals surface area contributed by atoms with E-state index in [0.717, 1.165) is 11.1 Å². The van der Waals surface area contributed by atoms with Gasteiger partial charge >= 0.3 is 6.09 Å². The minimum atomic E-state index is -1.25. The summed E-state index contributed by atoms with van der Waals surface area (Å²) in [5, 5.41) is 14.9. The number of alkyl carbamates (subject to hydrolysis) is 1. The van der Waals surface area contributed by atoms with Crippen molar-refractivity contribution in [2.75, 3.05) is 13.7 Å². The number of likely N-dealkylation sites (N-methyl/N-ethyl adjacent to an activating group) is 1. The fourth-order valence-electron chi connectivity index (χ4n) is 3.09. The van der Waals surface area contributed by atoms with Crippen LogP contribution in [0.25, 0.3) is 0 Å². The molecule has 8 heteroatoms. The fourth-order valence-corrected chi connectivity index (χ4v) is 3.09. The topological polar surface area (TPSA) is 108 Å². The number of amides is 3. The van der Waals surface area contributed by atoms with Gasteiger partial charge in [-0.3, -0.25) is 9.59 Å². The molecule has 30 heavy (non-hydrogen) atoms. The van der Waals surface area contributed by atoms with Crippen molar-refractivity contribution in [3.63, 3.8) is 0 Å². The van der Waals surface area contributed by atoms with Crippen LogP contribution < -0.4 is 10.6 Å². The van der Waals surface area contributed by atoms with Crippen LogP contribution >= 0.6 is 0 Å². The quantitative estimate of drug-likeness (QED) is 0.626. The Bertz CT molecular complexity index is 750. The van der Waals surface area contributed by atoms with Crippen LogP contribution in [-0.4, -0.2) is 59.3 Å². The van der Waals surface area contributed by atoms with Gasteiger partial charge in [0, 0.05) is 13.1 Å². The summed E-state index contributed by atoms with van der Waals surface area (Å²) in [5.41, 5.74) is 1.81. The van der Waals surface area contributed by atoms with E-state index < -0.39 is 36.3 Å². The smallest absolute Gasteiger partial charge is 0.408 e. The molecule has 3 amide bonds. The van der Waals surface area contributed by atoms with Gasteiger partial charge in [-0.2, -0.15) is 0 Å². The van der Waals surface area contributed by atoms with Crippen LogP contribution in [0.5, 0.6) is 0 Å². The number of benzene rings is 1. The lowest BCUT2D eigenvalue weighted by Crippen LogP contribution is -2.53. The highest BCUT2D eigenvalue weighted by molar-refractivity contribution is 5.92. The zero-order valence-electron chi connectivity index (χ0n) is 19.2. The number of aliphatic hydroxyl groups excluding tert-OH is 1. The van der Waals surface area contributed by atoms with Crippen LogP contribution in [0.1, 0.15) is 57.4 Å². The second-order valence-corrected chi connectivity index (χ2v) is 8.82. The molecule has 0 aliphatic carbocycles. The third-order valence-corrected chi connectivity index (χ3v) is 4.15. The Balaban J connectivity index is 3.20. The highest BCUT2D eigenvalue weighted by Gasteiger charge is 2.34. The lowest BCUT2D eigenvalue weighted by atomic mass is 9.99. The van der Waals surface area contributed by atoms with E-state index in [0.29, 0.717) is 5.56 Å². The third-order valence-electron chi connectivity index (χ3n) is 4.15. The van der Waals surface area contributed by atoms with E-state index in [9.17, 15) is 19.5 Å². The van der Waals surface area contributed by atoms with Crippen molar-refractivity contribution in [1.82, 2.24) is 15.5 Å². The first-order chi connectivity index (χ1) is 13.7. The molecule has 168 valence electrons. The molecule has 0 radical (unpaired) electrons. The van der Waals surface area contributed by atoms with Gasteiger partial charge in [-0.05, 0) is 54.0 Å². The largest absolute Gasteiger partial charge is 0.444 e. The number of rotatable bonds is 7. The number of aliphatic hydroxyl groups is 1. The van der Waals surface area contributed by atoms with Gasteiger partial charge in [-0.25, -0.2) is 4.79 Å². The Kier molecular flexibility index (Phi) is 8.84. The predicted octanol–water partition coefficient (Wildman–Crippen LogP) is 2.21. The number of nitrogens with zero attached hydrogens (tertiary/aromatic N) is 1. The summed E-state index contributed by atoms with van der Waals surface area (Å²) in [6, 6.07) is 3.37. The molecule has 0 aliphatic rings. The van der Waals surface area contributed by atoms with Gasteiger partial charge < -0.3 is 25.4 Å². The molecule has 8 nitrogen and oxygen atoms in total. The van der Waals surface area contributed by atoms with E-state index >= 15 is 0 Å². The maximum atomic E-state index is 13.1. The van der Waals surface area contributed by atoms with E-state index in [1.807, 2.05) is 45.9 Å². The van der Waals surface area contributed by atoms with E-state index in [1.165, 1.54) is 11.9 Å². The summed E-state index contributed by atoms with van der Waals surface area (Å²) in [4.78, 5) is 39.3. The number of hydrogen-bond donors (Lipinski definition) is 3. The second-order valence-electron chi connectivity index (χ2n) is 8.82. The Morgan fingerprint density at radius 1 is 1.07 bits per heavy atom. The number of carbonyl (C=O) groups excluding carboxylic acids is 3. The molecular weight excluding hydrogens is 386 g/mol. The van der Waals surface area contributed by atoms with Crippen molar-refractivity contribution >= 4 is 17.9 Å². The van der Waals surface area contributed by atoms with Crippen molar-refractivity contribution in [3.05, 3.63) is 34.9 Å². The van der Waals surface area contributed by atoms with Gasteiger partial charge in [0.25, 0.3) is 0 Å². The van der Waals surface area contributed by atoms with Gasteiger partial charge in [0.2, 0.25) is 11.8 Å². The molecule has 3 N–H and O–H groups in total. The molecule has 2 atom stereocenters. The van der Waals surface area contributed by atoms with Crippen molar-refractivity contribution in [2.24, 2.45) is 0 Å². The zero-order valence-corrected chi connectivity index (χ0v) is 19.2. The van der Waals surface area contributed by atoms with Crippen LogP contribution in [-0.2, 0) is 14.3 Å². The summed E-state index contributed by atoms with van der Waals surface area (Å²) >= 11 is 0. The average molecular weight is 422 g/mol. The van der Waals surface area contributed by atoms with E-state index in [4.69, 9.17) is 4.74 Å². The second kappa shape index (κ2) is 10.4. The summed E-state index contributed by atoms with van der Waals surface area (Å²) in [6.45, 7) is 11.9. The number of hydrogen-bond acceptors (Lipinski definition) is 5. The molecule has 0 spiro atoms. The molecule has 2 unspecified atom stereocenters. The molecule has 1 rings (SSSR count). The monoisotopic (exact) mass is 421 g/mol. The summed E-state index contributed by atoms with van der Waals surface area (Å²) < 4.78 is 5.17. The molecule has 0 heterocycles. The normalized spacial score (nSPS) is 13.4. The van der Waals surface area contributed by atoms with Crippen molar-refractivity contribution in [3.8, 4) is 0 Å². The Morgan fingerprint density at radius 2 is 1.60 bits per heavy atom. The minimum absolute atomic E-state index is 0.122. The van der Waals surface area contributed by atoms with Crippen LogP contribution in [0.15, 0.2) is 18.2 Å². The van der Waals surface area contributed by atoms with Gasteiger partial charge in [0.05, 0.1) is 6.61 Å². The Labute approximate surface area is 179 Å². The van der Waals surface area contributed by atoms with E-state index in [1.54, 1.807) is 20.8 Å². The number of carbonyl (C=O) groups is 3. The van der Waals surface area contributed by atoms with E-state index in [-0.39, 0.29) is 11.9 Å². The van der Waals surface area contributed by atoms with Crippen LogP contribution in [0.2, 0.25) is 0 Å². The Morgan fingerprint density at radius 3 is 2.03 bits per heavy atom. The van der Waals surface area contributed by atoms with Crippen molar-refractivity contribution in [1.29, 1.82) is 0 Å². The third kappa shape index (κ3) is 7.67. The van der Waals surface area contributed by atoms with Crippen LogP contribution in [0.4, 0.5) is 4.79 Å². The summed E-state index contributed by atoms with van der Waals surface area (Å²) in [7, 11) is 1.48. The minimum Gasteiger partial charge on any atom is -0.444 e. The Hall–Kier alpha value is -2.61. The fraction of sp³-hybridized carbons (Fsp3) is 0.591. The molecule has 0 saturated carbocycles.